The van der Waals surface area contributed by atoms with Crippen LogP contribution in [0.1, 0.15) is 22.8 Å². The lowest BCUT2D eigenvalue weighted by Gasteiger charge is -2.37. The second-order valence-corrected chi connectivity index (χ2v) is 9.36. The number of piperazine rings is 1. The molecule has 1 atom stereocenters. The minimum atomic E-state index is -2.87. The Balaban J connectivity index is 1.62. The molecule has 1 aromatic carbocycles. The van der Waals surface area contributed by atoms with Crippen LogP contribution in [0.5, 0.6) is 0 Å². The van der Waals surface area contributed by atoms with Gasteiger partial charge in [0.1, 0.15) is 6.04 Å². The Morgan fingerprint density at radius 3 is 2.31 bits per heavy atom. The van der Waals surface area contributed by atoms with Gasteiger partial charge in [0.2, 0.25) is 5.91 Å². The van der Waals surface area contributed by atoms with Crippen LogP contribution in [-0.4, -0.2) is 85.7 Å². The molecule has 2 aliphatic rings. The van der Waals surface area contributed by atoms with E-state index in [0.717, 1.165) is 5.56 Å². The van der Waals surface area contributed by atoms with Crippen LogP contribution in [0, 0.1) is 0 Å². The first kappa shape index (κ1) is 18.8. The minimum Gasteiger partial charge on any atom is -0.342 e. The van der Waals surface area contributed by atoms with E-state index in [1.165, 1.54) is 0 Å². The zero-order valence-corrected chi connectivity index (χ0v) is 16.0. The van der Waals surface area contributed by atoms with Gasteiger partial charge in [-0.05, 0) is 24.6 Å². The SMILES string of the molecule is CC1C(=O)N(C)CCN1C(=O)c1ccc(CN2CCS(=O)(=O)CC2)cc1. The zero-order valence-electron chi connectivity index (χ0n) is 15.2. The Hall–Kier alpha value is -1.93. The van der Waals surface area contributed by atoms with Gasteiger partial charge in [-0.1, -0.05) is 12.1 Å². The molecule has 8 heteroatoms. The normalized spacial score (nSPS) is 23.9. The number of carbonyl (C=O) groups is 2. The van der Waals surface area contributed by atoms with Gasteiger partial charge in [0, 0.05) is 45.3 Å². The van der Waals surface area contributed by atoms with Gasteiger partial charge in [-0.15, -0.1) is 0 Å². The van der Waals surface area contributed by atoms with Crippen molar-refractivity contribution in [2.45, 2.75) is 19.5 Å². The highest BCUT2D eigenvalue weighted by Gasteiger charge is 2.32. The van der Waals surface area contributed by atoms with Crippen LogP contribution in [0.3, 0.4) is 0 Å². The van der Waals surface area contributed by atoms with Crippen LogP contribution in [0.25, 0.3) is 0 Å². The third-order valence-corrected chi connectivity index (χ3v) is 6.79. The van der Waals surface area contributed by atoms with E-state index in [1.54, 1.807) is 35.9 Å². The molecule has 142 valence electrons. The van der Waals surface area contributed by atoms with Crippen LogP contribution < -0.4 is 0 Å². The van der Waals surface area contributed by atoms with Crippen LogP contribution >= 0.6 is 0 Å². The van der Waals surface area contributed by atoms with Crippen LogP contribution in [-0.2, 0) is 21.2 Å². The molecule has 26 heavy (non-hydrogen) atoms. The number of likely N-dealkylation sites (N-methyl/N-ethyl adjacent to an activating group) is 1. The highest BCUT2D eigenvalue weighted by Crippen LogP contribution is 2.16. The minimum absolute atomic E-state index is 0.0405. The zero-order chi connectivity index (χ0) is 18.9. The standard InChI is InChI=1S/C18H25N3O4S/c1-14-17(22)19(2)7-8-21(14)18(23)16-5-3-15(4-6-16)13-20-9-11-26(24,25)12-10-20/h3-6,14H,7-13H2,1-2H3. The van der Waals surface area contributed by atoms with Gasteiger partial charge in [-0.2, -0.15) is 0 Å². The molecule has 0 bridgehead atoms. The summed E-state index contributed by atoms with van der Waals surface area (Å²) in [6.07, 6.45) is 0. The first-order valence-electron chi connectivity index (χ1n) is 8.84. The van der Waals surface area contributed by atoms with Crippen molar-refractivity contribution in [3.8, 4) is 0 Å². The highest BCUT2D eigenvalue weighted by molar-refractivity contribution is 7.91. The molecule has 0 radical (unpaired) electrons. The van der Waals surface area contributed by atoms with Crippen LogP contribution in [0.2, 0.25) is 0 Å². The molecule has 0 saturated carbocycles. The molecule has 0 N–H and O–H groups in total. The average molecular weight is 379 g/mol. The van der Waals surface area contributed by atoms with E-state index < -0.39 is 15.9 Å². The Kier molecular flexibility index (Phi) is 5.34. The van der Waals surface area contributed by atoms with E-state index in [0.29, 0.717) is 38.3 Å². The molecule has 1 unspecified atom stereocenters. The number of carbonyl (C=O) groups excluding carboxylic acids is 2. The summed E-state index contributed by atoms with van der Waals surface area (Å²) >= 11 is 0. The van der Waals surface area contributed by atoms with Crippen molar-refractivity contribution in [3.05, 3.63) is 35.4 Å². The molecule has 2 heterocycles. The summed E-state index contributed by atoms with van der Waals surface area (Å²) in [5.74, 6) is 0.244. The van der Waals surface area contributed by atoms with E-state index in [1.807, 2.05) is 12.1 Å². The number of sulfone groups is 1. The van der Waals surface area contributed by atoms with Gasteiger partial charge in [-0.3, -0.25) is 14.5 Å². The molecule has 1 aromatic rings. The lowest BCUT2D eigenvalue weighted by molar-refractivity contribution is -0.137. The highest BCUT2D eigenvalue weighted by atomic mass is 32.2. The second-order valence-electron chi connectivity index (χ2n) is 7.06. The van der Waals surface area contributed by atoms with Crippen molar-refractivity contribution >= 4 is 21.7 Å². The van der Waals surface area contributed by atoms with E-state index >= 15 is 0 Å². The van der Waals surface area contributed by atoms with Crippen LogP contribution in [0.4, 0.5) is 0 Å². The van der Waals surface area contributed by atoms with Gasteiger partial charge in [0.05, 0.1) is 11.5 Å². The maximum Gasteiger partial charge on any atom is 0.254 e. The van der Waals surface area contributed by atoms with Crippen molar-refractivity contribution in [1.82, 2.24) is 14.7 Å². The van der Waals surface area contributed by atoms with E-state index in [-0.39, 0.29) is 23.3 Å². The van der Waals surface area contributed by atoms with Gasteiger partial charge in [-0.25, -0.2) is 8.42 Å². The van der Waals surface area contributed by atoms with Crippen molar-refractivity contribution < 1.29 is 18.0 Å². The molecular weight excluding hydrogens is 354 g/mol. The third-order valence-electron chi connectivity index (χ3n) is 5.18. The summed E-state index contributed by atoms with van der Waals surface area (Å²) in [6, 6.07) is 6.93. The first-order valence-corrected chi connectivity index (χ1v) is 10.7. The van der Waals surface area contributed by atoms with Gasteiger partial charge in [0.25, 0.3) is 5.91 Å². The molecule has 0 spiro atoms. The fourth-order valence-electron chi connectivity index (χ4n) is 3.38. The van der Waals surface area contributed by atoms with Gasteiger partial charge < -0.3 is 9.80 Å². The lowest BCUT2D eigenvalue weighted by Crippen LogP contribution is -2.56. The largest absolute Gasteiger partial charge is 0.342 e. The maximum absolute atomic E-state index is 12.7. The Morgan fingerprint density at radius 1 is 1.08 bits per heavy atom. The topological polar surface area (TPSA) is 78.0 Å². The van der Waals surface area contributed by atoms with Crippen molar-refractivity contribution in [2.75, 3.05) is 44.7 Å². The third kappa shape index (κ3) is 4.07. The summed E-state index contributed by atoms with van der Waals surface area (Å²) in [5.41, 5.74) is 1.61. The molecule has 0 aliphatic carbocycles. The fourth-order valence-corrected chi connectivity index (χ4v) is 4.65. The molecule has 2 fully saturated rings. The van der Waals surface area contributed by atoms with Gasteiger partial charge in [0.15, 0.2) is 9.84 Å². The van der Waals surface area contributed by atoms with Gasteiger partial charge >= 0.3 is 0 Å². The van der Waals surface area contributed by atoms with E-state index in [4.69, 9.17) is 0 Å². The van der Waals surface area contributed by atoms with E-state index in [9.17, 15) is 18.0 Å². The summed E-state index contributed by atoms with van der Waals surface area (Å²) in [5, 5.41) is 0. The van der Waals surface area contributed by atoms with Crippen molar-refractivity contribution in [3.63, 3.8) is 0 Å². The van der Waals surface area contributed by atoms with E-state index in [2.05, 4.69) is 4.90 Å². The Bertz CT molecular complexity index is 777. The summed E-state index contributed by atoms with van der Waals surface area (Å²) in [4.78, 5) is 30.2. The first-order chi connectivity index (χ1) is 12.3. The molecule has 2 amide bonds. The number of rotatable bonds is 3. The second kappa shape index (κ2) is 7.36. The molecule has 2 saturated heterocycles. The average Bonchev–Trinajstić information content (AvgIpc) is 2.62. The Labute approximate surface area is 154 Å². The smallest absolute Gasteiger partial charge is 0.254 e. The predicted molar refractivity (Wildman–Crippen MR) is 98.5 cm³/mol. The van der Waals surface area contributed by atoms with Crippen molar-refractivity contribution in [1.29, 1.82) is 0 Å². The lowest BCUT2D eigenvalue weighted by atomic mass is 10.1. The number of amides is 2. The number of hydrogen-bond acceptors (Lipinski definition) is 5. The summed E-state index contributed by atoms with van der Waals surface area (Å²) in [7, 11) is -1.12. The molecule has 3 rings (SSSR count). The number of nitrogens with zero attached hydrogens (tertiary/aromatic N) is 3. The summed E-state index contributed by atoms with van der Waals surface area (Å²) in [6.45, 7) is 4.60. The molecule has 0 aromatic heterocycles. The molecule has 7 nitrogen and oxygen atoms in total. The molecular formula is C18H25N3O4S. The maximum atomic E-state index is 12.7. The Morgan fingerprint density at radius 2 is 1.69 bits per heavy atom. The number of benzene rings is 1. The molecule has 2 aliphatic heterocycles. The quantitative estimate of drug-likeness (QED) is 0.751. The summed E-state index contributed by atoms with van der Waals surface area (Å²) < 4.78 is 23.0. The fraction of sp³-hybridized carbons (Fsp3) is 0.556. The monoisotopic (exact) mass is 379 g/mol. The van der Waals surface area contributed by atoms with Crippen LogP contribution in [0.15, 0.2) is 24.3 Å². The van der Waals surface area contributed by atoms with Crippen molar-refractivity contribution in [2.24, 2.45) is 0 Å². The number of hydrogen-bond donors (Lipinski definition) is 0. The predicted octanol–water partition coefficient (Wildman–Crippen LogP) is 0.220.